The van der Waals surface area contributed by atoms with Crippen LogP contribution in [0, 0.1) is 0 Å². The van der Waals surface area contributed by atoms with Crippen LogP contribution in [-0.4, -0.2) is 19.5 Å². The van der Waals surface area contributed by atoms with Gasteiger partial charge in [-0.05, 0) is 82.9 Å². The van der Waals surface area contributed by atoms with Crippen molar-refractivity contribution in [2.75, 3.05) is 0 Å². The van der Waals surface area contributed by atoms with Crippen LogP contribution in [0.25, 0.3) is 82.5 Å². The first-order valence-corrected chi connectivity index (χ1v) is 14.4. The summed E-state index contributed by atoms with van der Waals surface area (Å²) < 4.78 is 2.39. The second kappa shape index (κ2) is 9.33. The molecule has 0 fully saturated rings. The molecule has 0 atom stereocenters. The number of para-hydroxylation sites is 3. The van der Waals surface area contributed by atoms with Crippen molar-refractivity contribution in [2.45, 2.75) is 0 Å². The molecule has 4 nitrogen and oxygen atoms in total. The van der Waals surface area contributed by atoms with Crippen LogP contribution >= 0.6 is 0 Å². The van der Waals surface area contributed by atoms with Gasteiger partial charge in [-0.2, -0.15) is 0 Å². The number of rotatable bonds is 3. The zero-order valence-electron chi connectivity index (χ0n) is 23.1. The molecule has 9 aromatic rings. The third kappa shape index (κ3) is 3.67. The fourth-order valence-corrected chi connectivity index (χ4v) is 6.62. The van der Waals surface area contributed by atoms with Crippen molar-refractivity contribution in [3.63, 3.8) is 0 Å². The summed E-state index contributed by atoms with van der Waals surface area (Å²) >= 11 is 0. The predicted octanol–water partition coefficient (Wildman–Crippen LogP) is 9.76. The van der Waals surface area contributed by atoms with Crippen molar-refractivity contribution < 1.29 is 0 Å². The van der Waals surface area contributed by atoms with Crippen LogP contribution in [-0.2, 0) is 0 Å². The Morgan fingerprint density at radius 2 is 1.07 bits per heavy atom. The van der Waals surface area contributed by atoms with Crippen molar-refractivity contribution in [3.8, 4) is 27.9 Å². The number of hydrogen-bond donors (Lipinski definition) is 0. The Bertz CT molecular complexity index is 2420. The van der Waals surface area contributed by atoms with E-state index in [1.807, 2.05) is 36.8 Å². The lowest BCUT2D eigenvalue weighted by Gasteiger charge is -2.16. The highest BCUT2D eigenvalue weighted by Gasteiger charge is 2.18. The van der Waals surface area contributed by atoms with E-state index in [0.29, 0.717) is 0 Å². The zero-order valence-corrected chi connectivity index (χ0v) is 23.1. The van der Waals surface area contributed by atoms with Crippen molar-refractivity contribution in [1.29, 1.82) is 0 Å². The molecule has 5 aromatic carbocycles. The topological polar surface area (TPSA) is 43.6 Å². The standard InChI is InChI=1S/C39H24N4/c1-4-12-34-31(9-1)29(17-20-40-34)26-22-27(30-18-21-41-35-13-5-2-10-32(30)35)24-28(23-26)43-36-14-6-3-11-33(36)38-37(43)16-15-25-8-7-19-42-39(25)38/h1-24H. The molecule has 0 saturated carbocycles. The van der Waals surface area contributed by atoms with Crippen molar-refractivity contribution >= 4 is 54.5 Å². The average Bonchev–Trinajstić information content (AvgIpc) is 3.42. The monoisotopic (exact) mass is 548 g/mol. The molecule has 4 heterocycles. The van der Waals surface area contributed by atoms with Gasteiger partial charge in [0, 0.05) is 51.2 Å². The Morgan fingerprint density at radius 3 is 1.77 bits per heavy atom. The summed E-state index contributed by atoms with van der Waals surface area (Å²) in [5, 5.41) is 5.76. The Kier molecular flexibility index (Phi) is 5.16. The first-order chi connectivity index (χ1) is 21.3. The van der Waals surface area contributed by atoms with Crippen LogP contribution in [0.15, 0.2) is 146 Å². The van der Waals surface area contributed by atoms with Gasteiger partial charge in [-0.15, -0.1) is 0 Å². The van der Waals surface area contributed by atoms with Crippen LogP contribution < -0.4 is 0 Å². The highest BCUT2D eigenvalue weighted by atomic mass is 15.0. The van der Waals surface area contributed by atoms with Crippen LogP contribution in [0.4, 0.5) is 0 Å². The molecule has 0 amide bonds. The van der Waals surface area contributed by atoms with Gasteiger partial charge in [0.2, 0.25) is 0 Å². The van der Waals surface area contributed by atoms with Gasteiger partial charge in [0.25, 0.3) is 0 Å². The first-order valence-electron chi connectivity index (χ1n) is 14.4. The zero-order chi connectivity index (χ0) is 28.3. The van der Waals surface area contributed by atoms with E-state index < -0.39 is 0 Å². The minimum Gasteiger partial charge on any atom is -0.309 e. The number of nitrogens with zero attached hydrogens (tertiary/aromatic N) is 4. The fourth-order valence-electron chi connectivity index (χ4n) is 6.62. The smallest absolute Gasteiger partial charge is 0.0802 e. The first kappa shape index (κ1) is 23.8. The quantitative estimate of drug-likeness (QED) is 0.221. The van der Waals surface area contributed by atoms with Gasteiger partial charge < -0.3 is 4.57 Å². The molecule has 0 saturated heterocycles. The van der Waals surface area contributed by atoms with Gasteiger partial charge in [0.1, 0.15) is 0 Å². The molecule has 0 aliphatic rings. The molecule has 4 heteroatoms. The fraction of sp³-hybridized carbons (Fsp3) is 0. The molecule has 0 N–H and O–H groups in total. The van der Waals surface area contributed by atoms with Gasteiger partial charge in [-0.1, -0.05) is 66.7 Å². The van der Waals surface area contributed by atoms with Crippen LogP contribution in [0.5, 0.6) is 0 Å². The third-order valence-corrected chi connectivity index (χ3v) is 8.50. The van der Waals surface area contributed by atoms with Gasteiger partial charge in [0.05, 0.1) is 27.6 Å². The molecule has 0 unspecified atom stereocenters. The molecule has 0 aliphatic heterocycles. The van der Waals surface area contributed by atoms with Crippen LogP contribution in [0.1, 0.15) is 0 Å². The van der Waals surface area contributed by atoms with E-state index in [1.165, 1.54) is 10.8 Å². The van der Waals surface area contributed by atoms with E-state index in [1.54, 1.807) is 0 Å². The average molecular weight is 549 g/mol. The molecule has 0 aliphatic carbocycles. The van der Waals surface area contributed by atoms with Gasteiger partial charge in [0.15, 0.2) is 0 Å². The van der Waals surface area contributed by atoms with E-state index in [-0.39, 0.29) is 0 Å². The van der Waals surface area contributed by atoms with Gasteiger partial charge in [-0.25, -0.2) is 0 Å². The highest BCUT2D eigenvalue weighted by molar-refractivity contribution is 6.20. The molecular formula is C39H24N4. The minimum atomic E-state index is 0.982. The molecule has 4 aromatic heterocycles. The predicted molar refractivity (Wildman–Crippen MR) is 178 cm³/mol. The van der Waals surface area contributed by atoms with E-state index in [0.717, 1.165) is 71.7 Å². The number of hydrogen-bond acceptors (Lipinski definition) is 3. The summed E-state index contributed by atoms with van der Waals surface area (Å²) in [4.78, 5) is 14.1. The molecular weight excluding hydrogens is 524 g/mol. The lowest BCUT2D eigenvalue weighted by molar-refractivity contribution is 1.18. The lowest BCUT2D eigenvalue weighted by Crippen LogP contribution is -1.97. The molecule has 0 bridgehead atoms. The van der Waals surface area contributed by atoms with Crippen molar-refractivity contribution in [2.24, 2.45) is 0 Å². The lowest BCUT2D eigenvalue weighted by atomic mass is 9.94. The summed E-state index contributed by atoms with van der Waals surface area (Å²) in [6, 6.07) is 45.1. The Morgan fingerprint density at radius 1 is 0.442 bits per heavy atom. The Hall–Kier alpha value is -5.87. The van der Waals surface area contributed by atoms with Crippen LogP contribution in [0.2, 0.25) is 0 Å². The molecule has 0 radical (unpaired) electrons. The van der Waals surface area contributed by atoms with Gasteiger partial charge >= 0.3 is 0 Å². The summed E-state index contributed by atoms with van der Waals surface area (Å²) in [6.45, 7) is 0. The van der Waals surface area contributed by atoms with Gasteiger partial charge in [-0.3, -0.25) is 15.0 Å². The number of aromatic nitrogens is 4. The SMILES string of the molecule is c1cnc2c(c1)ccc1c2c2ccccc2n1-c1cc(-c2ccnc3ccccc23)cc(-c2ccnc3ccccc23)c1. The van der Waals surface area contributed by atoms with Crippen LogP contribution in [0.3, 0.4) is 0 Å². The third-order valence-electron chi connectivity index (χ3n) is 8.50. The number of benzene rings is 5. The minimum absolute atomic E-state index is 0.982. The Labute approximate surface area is 247 Å². The molecule has 200 valence electrons. The largest absolute Gasteiger partial charge is 0.309 e. The number of fused-ring (bicyclic) bond motifs is 7. The second-order valence-electron chi connectivity index (χ2n) is 10.9. The summed E-state index contributed by atoms with van der Waals surface area (Å²) in [6.07, 6.45) is 5.70. The van der Waals surface area contributed by atoms with E-state index in [2.05, 4.69) is 124 Å². The molecule has 43 heavy (non-hydrogen) atoms. The van der Waals surface area contributed by atoms with Crippen molar-refractivity contribution in [1.82, 2.24) is 19.5 Å². The van der Waals surface area contributed by atoms with E-state index >= 15 is 0 Å². The Balaban J connectivity index is 1.42. The second-order valence-corrected chi connectivity index (χ2v) is 10.9. The maximum absolute atomic E-state index is 4.84. The van der Waals surface area contributed by atoms with E-state index in [9.17, 15) is 0 Å². The highest BCUT2D eigenvalue weighted by Crippen LogP contribution is 2.40. The number of pyridine rings is 3. The summed E-state index contributed by atoms with van der Waals surface area (Å²) in [7, 11) is 0. The maximum atomic E-state index is 4.84. The molecule has 9 rings (SSSR count). The normalized spacial score (nSPS) is 11.7. The van der Waals surface area contributed by atoms with Crippen molar-refractivity contribution in [3.05, 3.63) is 146 Å². The summed E-state index contributed by atoms with van der Waals surface area (Å²) in [5.41, 5.74) is 10.9. The maximum Gasteiger partial charge on any atom is 0.0802 e. The molecule has 0 spiro atoms. The van der Waals surface area contributed by atoms with E-state index in [4.69, 9.17) is 4.98 Å². The summed E-state index contributed by atoms with van der Waals surface area (Å²) in [5.74, 6) is 0.